The number of benzene rings is 2. The molecule has 0 bridgehead atoms. The second kappa shape index (κ2) is 8.08. The third-order valence-corrected chi connectivity index (χ3v) is 5.19. The van der Waals surface area contributed by atoms with Gasteiger partial charge in [-0.1, -0.05) is 10.4 Å². The molecule has 33 heavy (non-hydrogen) atoms. The van der Waals surface area contributed by atoms with Crippen molar-refractivity contribution in [2.45, 2.75) is 38.6 Å². The Morgan fingerprint density at radius 3 is 2.48 bits per heavy atom. The number of halogens is 1. The maximum atomic E-state index is 13.2. The highest BCUT2D eigenvalue weighted by Crippen LogP contribution is 2.33. The van der Waals surface area contributed by atoms with E-state index in [9.17, 15) is 14.0 Å². The molecule has 0 aliphatic carbocycles. The molecule has 1 fully saturated rings. The largest absolute Gasteiger partial charge is 0.491 e. The molecule has 168 valence electrons. The van der Waals surface area contributed by atoms with Gasteiger partial charge in [-0.25, -0.2) is 9.29 Å². The van der Waals surface area contributed by atoms with E-state index in [1.54, 1.807) is 0 Å². The Hall–Kier alpha value is -4.15. The fraction of sp³-hybridized carbons (Fsp3) is 0.273. The maximum absolute atomic E-state index is 13.2. The lowest BCUT2D eigenvalue weighted by Gasteiger charge is -2.19. The van der Waals surface area contributed by atoms with Crippen LogP contribution in [0.2, 0.25) is 0 Å². The van der Waals surface area contributed by atoms with E-state index in [0.717, 1.165) is 16.2 Å². The number of carbonyl (C=O) groups is 2. The molecule has 2 aliphatic heterocycles. The van der Waals surface area contributed by atoms with E-state index in [2.05, 4.69) is 20.5 Å². The molecule has 3 aromatic rings. The number of imide groups is 1. The molecule has 11 heteroatoms. The number of ether oxygens (including phenoxy) is 1. The van der Waals surface area contributed by atoms with Gasteiger partial charge in [0, 0.05) is 5.56 Å². The molecule has 0 spiro atoms. The van der Waals surface area contributed by atoms with E-state index < -0.39 is 29.7 Å². The highest BCUT2D eigenvalue weighted by molar-refractivity contribution is 6.25. The van der Waals surface area contributed by atoms with Crippen LogP contribution < -0.4 is 9.64 Å². The van der Waals surface area contributed by atoms with E-state index in [4.69, 9.17) is 9.26 Å². The van der Waals surface area contributed by atoms with Crippen LogP contribution in [0.25, 0.3) is 11.4 Å². The van der Waals surface area contributed by atoms with Crippen molar-refractivity contribution in [3.63, 3.8) is 0 Å². The minimum Gasteiger partial charge on any atom is -0.491 e. The number of amides is 2. The van der Waals surface area contributed by atoms with Crippen LogP contribution >= 0.6 is 0 Å². The monoisotopic (exact) mass is 450 g/mol. The van der Waals surface area contributed by atoms with Crippen LogP contribution in [0, 0.1) is 5.82 Å². The van der Waals surface area contributed by atoms with Crippen LogP contribution in [0.5, 0.6) is 5.75 Å². The Bertz CT molecular complexity index is 1220. The molecule has 2 aliphatic rings. The summed E-state index contributed by atoms with van der Waals surface area (Å²) in [5.74, 6) is -0.159. The Morgan fingerprint density at radius 1 is 1.06 bits per heavy atom. The fourth-order valence-corrected chi connectivity index (χ4v) is 3.73. The average Bonchev–Trinajstić information content (AvgIpc) is 3.48. The molecule has 1 aromatic heterocycles. The van der Waals surface area contributed by atoms with Gasteiger partial charge in [-0.05, 0) is 62.4 Å². The van der Waals surface area contributed by atoms with Gasteiger partial charge in [-0.15, -0.1) is 0 Å². The fourth-order valence-electron chi connectivity index (χ4n) is 3.73. The van der Waals surface area contributed by atoms with E-state index in [0.29, 0.717) is 5.82 Å². The smallest absolute Gasteiger partial charge is 0.263 e. The standard InChI is InChI=1S/C22H19FN6O4/c1-12(2)32-16-9-3-13(4-10-16)20-24-17(33-26-20)11-28-19-18(25-27-28)21(30)29(22(19)31)15-7-5-14(23)6-8-15/h3-10,12,18-19H,11H2,1-2H3/t18-,19+/m0/s1. The number of rotatable bonds is 6. The molecule has 0 radical (unpaired) electrons. The van der Waals surface area contributed by atoms with Crippen LogP contribution in [-0.2, 0) is 16.1 Å². The highest BCUT2D eigenvalue weighted by Gasteiger charge is 2.55. The van der Waals surface area contributed by atoms with Gasteiger partial charge in [-0.3, -0.25) is 14.6 Å². The topological polar surface area (TPSA) is 113 Å². The lowest BCUT2D eigenvalue weighted by Crippen LogP contribution is -2.39. The number of fused-ring (bicyclic) bond motifs is 1. The van der Waals surface area contributed by atoms with Gasteiger partial charge in [0.05, 0.1) is 11.8 Å². The summed E-state index contributed by atoms with van der Waals surface area (Å²) in [5, 5.41) is 13.3. The first kappa shape index (κ1) is 20.7. The molecule has 10 nitrogen and oxygen atoms in total. The van der Waals surface area contributed by atoms with Crippen LogP contribution in [0.3, 0.4) is 0 Å². The van der Waals surface area contributed by atoms with Crippen LogP contribution in [-0.4, -0.2) is 45.2 Å². The zero-order chi connectivity index (χ0) is 23.1. The number of aromatic nitrogens is 2. The maximum Gasteiger partial charge on any atom is 0.263 e. The minimum atomic E-state index is -0.974. The van der Waals surface area contributed by atoms with Crippen molar-refractivity contribution >= 4 is 17.5 Å². The van der Waals surface area contributed by atoms with E-state index in [-0.39, 0.29) is 24.2 Å². The third-order valence-electron chi connectivity index (χ3n) is 5.19. The molecule has 2 atom stereocenters. The molecule has 2 aromatic carbocycles. The van der Waals surface area contributed by atoms with Crippen LogP contribution in [0.1, 0.15) is 19.7 Å². The molecule has 2 amide bonds. The Morgan fingerprint density at radius 2 is 1.79 bits per heavy atom. The molecule has 1 saturated heterocycles. The SMILES string of the molecule is CC(C)Oc1ccc(-c2noc(CN3N=N[C@@H]4C(=O)N(c5ccc(F)cc5)C(=O)[C@@H]43)n2)cc1. The first-order valence-electron chi connectivity index (χ1n) is 10.3. The van der Waals surface area contributed by atoms with Crippen molar-refractivity contribution in [3.8, 4) is 17.1 Å². The van der Waals surface area contributed by atoms with E-state index in [1.807, 2.05) is 38.1 Å². The highest BCUT2D eigenvalue weighted by atomic mass is 19.1. The summed E-state index contributed by atoms with van der Waals surface area (Å²) in [6.07, 6.45) is 0.0650. The molecular weight excluding hydrogens is 431 g/mol. The van der Waals surface area contributed by atoms with Crippen LogP contribution in [0.15, 0.2) is 63.4 Å². The second-order valence-corrected chi connectivity index (χ2v) is 7.88. The molecule has 0 unspecified atom stereocenters. The lowest BCUT2D eigenvalue weighted by atomic mass is 10.1. The van der Waals surface area contributed by atoms with Gasteiger partial charge in [0.25, 0.3) is 11.8 Å². The Balaban J connectivity index is 1.31. The van der Waals surface area contributed by atoms with Crippen molar-refractivity contribution in [1.29, 1.82) is 0 Å². The summed E-state index contributed by atoms with van der Waals surface area (Å²) >= 11 is 0. The predicted octanol–water partition coefficient (Wildman–Crippen LogP) is 3.16. The number of nitrogens with zero attached hydrogens (tertiary/aromatic N) is 6. The summed E-state index contributed by atoms with van der Waals surface area (Å²) < 4.78 is 24.2. The summed E-state index contributed by atoms with van der Waals surface area (Å²) in [6, 6.07) is 10.5. The van der Waals surface area contributed by atoms with Gasteiger partial charge in [-0.2, -0.15) is 10.1 Å². The number of hydrogen-bond acceptors (Lipinski definition) is 9. The first-order valence-corrected chi connectivity index (χ1v) is 10.3. The number of anilines is 1. The summed E-state index contributed by atoms with van der Waals surface area (Å²) in [4.78, 5) is 31.1. The van der Waals surface area contributed by atoms with Crippen LogP contribution in [0.4, 0.5) is 10.1 Å². The van der Waals surface area contributed by atoms with Gasteiger partial charge in [0.2, 0.25) is 11.7 Å². The minimum absolute atomic E-state index is 0.00247. The van der Waals surface area contributed by atoms with Crippen molar-refractivity contribution < 1.29 is 23.2 Å². The lowest BCUT2D eigenvalue weighted by molar-refractivity contribution is -0.123. The predicted molar refractivity (Wildman–Crippen MR) is 112 cm³/mol. The zero-order valence-electron chi connectivity index (χ0n) is 17.8. The summed E-state index contributed by atoms with van der Waals surface area (Å²) in [7, 11) is 0. The number of carbonyl (C=O) groups excluding carboxylic acids is 2. The quantitative estimate of drug-likeness (QED) is 0.530. The van der Waals surface area contributed by atoms with Gasteiger partial charge >= 0.3 is 0 Å². The van der Waals surface area contributed by atoms with Crippen molar-refractivity contribution in [3.05, 3.63) is 60.2 Å². The second-order valence-electron chi connectivity index (χ2n) is 7.88. The van der Waals surface area contributed by atoms with Gasteiger partial charge in [0.1, 0.15) is 18.1 Å². The van der Waals surface area contributed by atoms with E-state index in [1.165, 1.54) is 29.3 Å². The molecule has 0 N–H and O–H groups in total. The Labute approximate surface area is 187 Å². The normalized spacial score (nSPS) is 19.6. The molecule has 3 heterocycles. The van der Waals surface area contributed by atoms with Gasteiger partial charge < -0.3 is 9.26 Å². The van der Waals surface area contributed by atoms with Gasteiger partial charge in [0.15, 0.2) is 12.1 Å². The van der Waals surface area contributed by atoms with E-state index >= 15 is 0 Å². The zero-order valence-corrected chi connectivity index (χ0v) is 17.8. The average molecular weight is 450 g/mol. The summed E-state index contributed by atoms with van der Waals surface area (Å²) in [5.41, 5.74) is 1.01. The van der Waals surface area contributed by atoms with Crippen molar-refractivity contribution in [2.75, 3.05) is 4.90 Å². The molecule has 0 saturated carbocycles. The Kier molecular flexibility index (Phi) is 5.08. The first-order chi connectivity index (χ1) is 15.9. The summed E-state index contributed by atoms with van der Waals surface area (Å²) in [6.45, 7) is 3.89. The van der Waals surface area contributed by atoms with Crippen molar-refractivity contribution in [1.82, 2.24) is 15.1 Å². The van der Waals surface area contributed by atoms with Crippen molar-refractivity contribution in [2.24, 2.45) is 10.3 Å². The molecule has 5 rings (SSSR count). The number of hydrogen-bond donors (Lipinski definition) is 0. The molecular formula is C22H19FN6O4. The third kappa shape index (κ3) is 3.81.